The maximum Gasteiger partial charge on any atom is 0.0348 e. The number of hydrogen-bond donors (Lipinski definition) is 0. The molecule has 1 heterocycles. The third-order valence-electron chi connectivity index (χ3n) is 3.38. The van der Waals surface area contributed by atoms with E-state index in [1.807, 2.05) is 25.2 Å². The van der Waals surface area contributed by atoms with E-state index in [0.717, 1.165) is 24.7 Å². The number of thiophene rings is 1. The summed E-state index contributed by atoms with van der Waals surface area (Å²) < 4.78 is 1.43. The maximum absolute atomic E-state index is 3.79. The van der Waals surface area contributed by atoms with Gasteiger partial charge in [0.15, 0.2) is 0 Å². The Morgan fingerprint density at radius 3 is 1.72 bits per heavy atom. The summed E-state index contributed by atoms with van der Waals surface area (Å²) in [6.07, 6.45) is 4.63. The van der Waals surface area contributed by atoms with Crippen molar-refractivity contribution in [3.63, 3.8) is 0 Å². The number of hydrogen-bond acceptors (Lipinski definition) is 1. The van der Waals surface area contributed by atoms with E-state index in [9.17, 15) is 0 Å². The van der Waals surface area contributed by atoms with Crippen LogP contribution in [0, 0.1) is 18.8 Å². The van der Waals surface area contributed by atoms with Gasteiger partial charge in [-0.05, 0) is 79.8 Å². The molecule has 0 saturated carbocycles. The first-order valence-electron chi connectivity index (χ1n) is 11.2. The van der Waals surface area contributed by atoms with Crippen LogP contribution in [0.25, 0.3) is 10.1 Å². The topological polar surface area (TPSA) is 0 Å². The molecule has 0 aliphatic carbocycles. The molecule has 2 aromatic rings. The van der Waals surface area contributed by atoms with Crippen molar-refractivity contribution in [3.8, 4) is 0 Å². The van der Waals surface area contributed by atoms with Gasteiger partial charge in [-0.1, -0.05) is 78.2 Å². The van der Waals surface area contributed by atoms with Crippen LogP contribution in [0.5, 0.6) is 0 Å². The average Bonchev–Trinajstić information content (AvgIpc) is 2.97. The van der Waals surface area contributed by atoms with Gasteiger partial charge in [0.1, 0.15) is 0 Å². The van der Waals surface area contributed by atoms with Crippen molar-refractivity contribution in [2.45, 2.75) is 94.9 Å². The van der Waals surface area contributed by atoms with Gasteiger partial charge in [0.05, 0.1) is 0 Å². The van der Waals surface area contributed by atoms with Gasteiger partial charge in [0.2, 0.25) is 0 Å². The summed E-state index contributed by atoms with van der Waals surface area (Å²) in [5, 5.41) is 3.80. The molecule has 0 aliphatic heterocycles. The first-order valence-corrected chi connectivity index (χ1v) is 12.0. The highest BCUT2D eigenvalue weighted by Crippen LogP contribution is 2.29. The zero-order chi connectivity index (χ0) is 23.0. The highest BCUT2D eigenvalue weighted by atomic mass is 32.1. The smallest absolute Gasteiger partial charge is 0.0348 e. The summed E-state index contributed by atoms with van der Waals surface area (Å²) >= 11 is 1.87. The molecule has 0 unspecified atom stereocenters. The third-order valence-corrected chi connectivity index (χ3v) is 4.38. The molecule has 0 fully saturated rings. The van der Waals surface area contributed by atoms with Gasteiger partial charge in [0.25, 0.3) is 0 Å². The van der Waals surface area contributed by atoms with Crippen LogP contribution in [-0.2, 0) is 6.42 Å². The molecule has 0 spiro atoms. The van der Waals surface area contributed by atoms with Crippen LogP contribution in [0.1, 0.15) is 92.7 Å². The largest absolute Gasteiger partial charge is 0.144 e. The molecule has 0 radical (unpaired) electrons. The minimum Gasteiger partial charge on any atom is -0.144 e. The quantitative estimate of drug-likeness (QED) is 0.425. The Morgan fingerprint density at radius 2 is 1.34 bits per heavy atom. The molecule has 1 aromatic heterocycles. The fourth-order valence-corrected chi connectivity index (χ4v) is 3.30. The second kappa shape index (κ2) is 17.5. The molecule has 0 nitrogen and oxygen atoms in total. The average molecular weight is 417 g/mol. The maximum atomic E-state index is 3.79. The number of fused-ring (bicyclic) bond motifs is 1. The van der Waals surface area contributed by atoms with Crippen molar-refractivity contribution >= 4 is 21.4 Å². The molecule has 166 valence electrons. The molecule has 29 heavy (non-hydrogen) atoms. The molecule has 2 rings (SSSR count). The minimum absolute atomic E-state index is 0.833. The molecule has 0 aliphatic rings. The zero-order valence-electron chi connectivity index (χ0n) is 21.1. The van der Waals surface area contributed by atoms with E-state index < -0.39 is 0 Å². The zero-order valence-corrected chi connectivity index (χ0v) is 21.9. The van der Waals surface area contributed by atoms with Gasteiger partial charge < -0.3 is 0 Å². The molecule has 1 heteroatoms. The van der Waals surface area contributed by atoms with E-state index in [0.29, 0.717) is 0 Å². The summed E-state index contributed by atoms with van der Waals surface area (Å²) in [5.41, 5.74) is 5.43. The van der Waals surface area contributed by atoms with E-state index in [-0.39, 0.29) is 0 Å². The Kier molecular flexibility index (Phi) is 18.0. The van der Waals surface area contributed by atoms with Crippen LogP contribution in [0.15, 0.2) is 47.9 Å². The third kappa shape index (κ3) is 18.4. The minimum atomic E-state index is 0.833. The fourth-order valence-electron chi connectivity index (χ4n) is 2.22. The van der Waals surface area contributed by atoms with Crippen molar-refractivity contribution in [2.75, 3.05) is 0 Å². The molecule has 0 saturated heterocycles. The lowest BCUT2D eigenvalue weighted by atomic mass is 10.0. The van der Waals surface area contributed by atoms with Gasteiger partial charge in [-0.25, -0.2) is 0 Å². The second-order valence-electron chi connectivity index (χ2n) is 9.34. The molecule has 0 atom stereocenters. The van der Waals surface area contributed by atoms with Crippen molar-refractivity contribution in [1.82, 2.24) is 0 Å². The lowest BCUT2D eigenvalue weighted by Gasteiger charge is -1.99. The highest BCUT2D eigenvalue weighted by molar-refractivity contribution is 7.17. The summed E-state index contributed by atoms with van der Waals surface area (Å²) in [6, 6.07) is 6.56. The normalized spacial score (nSPS) is 9.79. The van der Waals surface area contributed by atoms with E-state index >= 15 is 0 Å². The Labute approximate surface area is 187 Å². The molecule has 1 aromatic carbocycles. The van der Waals surface area contributed by atoms with Crippen molar-refractivity contribution < 1.29 is 0 Å². The van der Waals surface area contributed by atoms with Gasteiger partial charge in [0, 0.05) is 4.70 Å². The predicted octanol–water partition coefficient (Wildman–Crippen LogP) is 10.4. The monoisotopic (exact) mass is 416 g/mol. The van der Waals surface area contributed by atoms with Crippen LogP contribution in [0.2, 0.25) is 0 Å². The Hall–Kier alpha value is -1.34. The SMILES string of the molecule is C=C(C)CCC(=C)C.CC(C)C.CC(C)C.CCCc1csc2cccc(C)c12. The van der Waals surface area contributed by atoms with Crippen LogP contribution in [-0.4, -0.2) is 0 Å². The van der Waals surface area contributed by atoms with Crippen LogP contribution >= 0.6 is 11.3 Å². The molecule has 0 amide bonds. The summed E-state index contributed by atoms with van der Waals surface area (Å²) in [4.78, 5) is 0. The Morgan fingerprint density at radius 1 is 0.897 bits per heavy atom. The van der Waals surface area contributed by atoms with E-state index in [1.54, 1.807) is 0 Å². The molecular weight excluding hydrogens is 368 g/mol. The van der Waals surface area contributed by atoms with Crippen LogP contribution in [0.4, 0.5) is 0 Å². The number of aryl methyl sites for hydroxylation is 2. The van der Waals surface area contributed by atoms with Gasteiger partial charge in [-0.3, -0.25) is 0 Å². The van der Waals surface area contributed by atoms with Crippen LogP contribution in [0.3, 0.4) is 0 Å². The summed E-state index contributed by atoms with van der Waals surface area (Å²) in [6.45, 7) is 29.1. The van der Waals surface area contributed by atoms with Crippen molar-refractivity contribution in [3.05, 3.63) is 59.0 Å². The van der Waals surface area contributed by atoms with Gasteiger partial charge in [-0.2, -0.15) is 0 Å². The number of allylic oxidation sites excluding steroid dienone is 2. The van der Waals surface area contributed by atoms with E-state index in [1.165, 1.54) is 45.2 Å². The lowest BCUT2D eigenvalue weighted by molar-refractivity contribution is 0.736. The van der Waals surface area contributed by atoms with Crippen molar-refractivity contribution in [1.29, 1.82) is 0 Å². The molecule has 0 N–H and O–H groups in total. The first-order chi connectivity index (χ1) is 13.4. The molecule has 0 bridgehead atoms. The summed E-state index contributed by atoms with van der Waals surface area (Å²) in [5.74, 6) is 1.67. The predicted molar refractivity (Wildman–Crippen MR) is 140 cm³/mol. The lowest BCUT2D eigenvalue weighted by Crippen LogP contribution is -1.81. The van der Waals surface area contributed by atoms with E-state index in [4.69, 9.17) is 0 Å². The Bertz CT molecular complexity index is 660. The van der Waals surface area contributed by atoms with Crippen molar-refractivity contribution in [2.24, 2.45) is 11.8 Å². The number of rotatable bonds is 5. The highest BCUT2D eigenvalue weighted by Gasteiger charge is 2.04. The van der Waals surface area contributed by atoms with Gasteiger partial charge >= 0.3 is 0 Å². The fraction of sp³-hybridized carbons (Fsp3) is 0.571. The molecular formula is C28H48S. The second-order valence-corrected chi connectivity index (χ2v) is 10.2. The summed E-state index contributed by atoms with van der Waals surface area (Å²) in [7, 11) is 0. The van der Waals surface area contributed by atoms with Gasteiger partial charge in [-0.15, -0.1) is 24.5 Å². The van der Waals surface area contributed by atoms with Crippen LogP contribution < -0.4 is 0 Å². The van der Waals surface area contributed by atoms with E-state index in [2.05, 4.69) is 92.1 Å². The number of benzene rings is 1. The Balaban J connectivity index is 0. The standard InChI is InChI=1S/C12H14S.C8H14.2C4H10/c1-3-5-10-8-13-11-7-4-6-9(2)12(10)11;1-7(2)5-6-8(3)4;2*1-4(2)3/h4,6-8H,3,5H2,1-2H3;1,3,5-6H2,2,4H3;2*4H,1-3H3. The first kappa shape index (κ1) is 29.9.